The Morgan fingerprint density at radius 2 is 2.00 bits per heavy atom. The standard InChI is InChI=1S/C10H11NO3/c12-9-6-3-1-2-4-8(6)11-5-7(9)10(13)14/h3-5,10-11,13-14H,1-2H2. The van der Waals surface area contributed by atoms with Gasteiger partial charge in [0.1, 0.15) is 0 Å². The van der Waals surface area contributed by atoms with Gasteiger partial charge in [0.05, 0.1) is 5.56 Å². The Hall–Kier alpha value is -1.39. The van der Waals surface area contributed by atoms with E-state index in [1.165, 1.54) is 6.20 Å². The summed E-state index contributed by atoms with van der Waals surface area (Å²) >= 11 is 0. The van der Waals surface area contributed by atoms with Gasteiger partial charge in [-0.2, -0.15) is 0 Å². The highest BCUT2D eigenvalue weighted by Gasteiger charge is 2.09. The summed E-state index contributed by atoms with van der Waals surface area (Å²) in [4.78, 5) is 14.5. The Balaban J connectivity index is 2.81. The SMILES string of the molecule is O=c1c(C(O)O)c[nH]c2c1=CCCC=2. The second kappa shape index (κ2) is 3.40. The van der Waals surface area contributed by atoms with Gasteiger partial charge in [-0.3, -0.25) is 4.79 Å². The number of aromatic nitrogens is 1. The highest BCUT2D eigenvalue weighted by Crippen LogP contribution is 1.99. The molecule has 74 valence electrons. The van der Waals surface area contributed by atoms with Crippen LogP contribution in [0.1, 0.15) is 24.7 Å². The van der Waals surface area contributed by atoms with Gasteiger partial charge < -0.3 is 15.2 Å². The molecule has 1 aliphatic carbocycles. The fraction of sp³-hybridized carbons (Fsp3) is 0.300. The van der Waals surface area contributed by atoms with Crippen LogP contribution in [0.4, 0.5) is 0 Å². The van der Waals surface area contributed by atoms with E-state index in [4.69, 9.17) is 10.2 Å². The minimum atomic E-state index is -1.71. The van der Waals surface area contributed by atoms with E-state index in [0.29, 0.717) is 5.22 Å². The zero-order valence-corrected chi connectivity index (χ0v) is 7.53. The molecule has 0 aromatic carbocycles. The molecule has 4 heteroatoms. The number of aliphatic hydroxyl groups is 2. The van der Waals surface area contributed by atoms with Gasteiger partial charge in [-0.15, -0.1) is 0 Å². The van der Waals surface area contributed by atoms with E-state index >= 15 is 0 Å². The topological polar surface area (TPSA) is 73.3 Å². The number of H-pyrrole nitrogens is 1. The van der Waals surface area contributed by atoms with E-state index < -0.39 is 6.29 Å². The number of aromatic amines is 1. The predicted molar refractivity (Wildman–Crippen MR) is 51.7 cm³/mol. The molecule has 1 aromatic rings. The van der Waals surface area contributed by atoms with E-state index in [1.54, 1.807) is 0 Å². The first kappa shape index (κ1) is 9.18. The van der Waals surface area contributed by atoms with Crippen molar-refractivity contribution < 1.29 is 10.2 Å². The first-order chi connectivity index (χ1) is 6.70. The summed E-state index contributed by atoms with van der Waals surface area (Å²) in [6.07, 6.45) is 5.12. The number of fused-ring (bicyclic) bond motifs is 1. The molecule has 1 heterocycles. The van der Waals surface area contributed by atoms with Crippen molar-refractivity contribution >= 4 is 12.2 Å². The molecule has 0 radical (unpaired) electrons. The maximum absolute atomic E-state index is 11.7. The summed E-state index contributed by atoms with van der Waals surface area (Å²) < 4.78 is 0. The summed E-state index contributed by atoms with van der Waals surface area (Å²) in [6, 6.07) is 0. The zero-order chi connectivity index (χ0) is 10.1. The van der Waals surface area contributed by atoms with Crippen molar-refractivity contribution in [2.24, 2.45) is 0 Å². The van der Waals surface area contributed by atoms with Crippen LogP contribution in [0.5, 0.6) is 0 Å². The van der Waals surface area contributed by atoms with Crippen LogP contribution < -0.4 is 16.0 Å². The Kier molecular flexibility index (Phi) is 2.23. The van der Waals surface area contributed by atoms with Crippen molar-refractivity contribution in [1.29, 1.82) is 0 Å². The summed E-state index contributed by atoms with van der Waals surface area (Å²) in [5, 5.41) is 19.1. The van der Waals surface area contributed by atoms with Gasteiger partial charge in [0, 0.05) is 16.8 Å². The van der Waals surface area contributed by atoms with Crippen LogP contribution in [0.2, 0.25) is 0 Å². The first-order valence-corrected chi connectivity index (χ1v) is 4.48. The molecule has 0 fully saturated rings. The highest BCUT2D eigenvalue weighted by atomic mass is 16.5. The normalized spacial score (nSPS) is 14.5. The van der Waals surface area contributed by atoms with E-state index in [9.17, 15) is 4.79 Å². The van der Waals surface area contributed by atoms with Gasteiger partial charge >= 0.3 is 0 Å². The van der Waals surface area contributed by atoms with Crippen LogP contribution >= 0.6 is 0 Å². The summed E-state index contributed by atoms with van der Waals surface area (Å²) in [7, 11) is 0. The molecule has 1 aliphatic rings. The summed E-state index contributed by atoms with van der Waals surface area (Å²) in [5.74, 6) is 0. The van der Waals surface area contributed by atoms with Gasteiger partial charge in [0.15, 0.2) is 11.7 Å². The largest absolute Gasteiger partial charge is 0.364 e. The molecule has 0 atom stereocenters. The third-order valence-corrected chi connectivity index (χ3v) is 2.32. The van der Waals surface area contributed by atoms with Crippen LogP contribution in [-0.2, 0) is 0 Å². The molecule has 0 amide bonds. The van der Waals surface area contributed by atoms with Crippen LogP contribution in [0.25, 0.3) is 12.2 Å². The lowest BCUT2D eigenvalue weighted by Crippen LogP contribution is -2.44. The van der Waals surface area contributed by atoms with Crippen molar-refractivity contribution in [2.75, 3.05) is 0 Å². The first-order valence-electron chi connectivity index (χ1n) is 4.48. The van der Waals surface area contributed by atoms with E-state index in [2.05, 4.69) is 4.98 Å². The molecule has 0 bridgehead atoms. The maximum Gasteiger partial charge on any atom is 0.197 e. The van der Waals surface area contributed by atoms with Gasteiger partial charge in [-0.25, -0.2) is 0 Å². The number of aliphatic hydroxyl groups excluding tert-OH is 1. The van der Waals surface area contributed by atoms with Crippen molar-refractivity contribution in [3.8, 4) is 0 Å². The zero-order valence-electron chi connectivity index (χ0n) is 7.53. The van der Waals surface area contributed by atoms with Gasteiger partial charge in [0.25, 0.3) is 0 Å². The molecule has 2 rings (SSSR count). The quantitative estimate of drug-likeness (QED) is 0.486. The average molecular weight is 193 g/mol. The number of rotatable bonds is 1. The maximum atomic E-state index is 11.7. The Bertz CT molecular complexity index is 513. The molecule has 14 heavy (non-hydrogen) atoms. The Morgan fingerprint density at radius 3 is 2.71 bits per heavy atom. The van der Waals surface area contributed by atoms with Crippen molar-refractivity contribution in [1.82, 2.24) is 4.98 Å². The van der Waals surface area contributed by atoms with Gasteiger partial charge in [-0.05, 0) is 12.8 Å². The Morgan fingerprint density at radius 1 is 1.29 bits per heavy atom. The fourth-order valence-electron chi connectivity index (χ4n) is 1.60. The minimum absolute atomic E-state index is 0.00435. The lowest BCUT2D eigenvalue weighted by Gasteiger charge is -2.04. The fourth-order valence-corrected chi connectivity index (χ4v) is 1.60. The smallest absolute Gasteiger partial charge is 0.197 e. The summed E-state index contributed by atoms with van der Waals surface area (Å²) in [6.45, 7) is 0. The van der Waals surface area contributed by atoms with E-state index in [1.807, 2.05) is 12.2 Å². The second-order valence-corrected chi connectivity index (χ2v) is 3.26. The number of pyridine rings is 1. The molecule has 0 aliphatic heterocycles. The third kappa shape index (κ3) is 1.38. The number of hydrogen-bond acceptors (Lipinski definition) is 3. The van der Waals surface area contributed by atoms with Crippen LogP contribution in [0, 0.1) is 0 Å². The molecule has 0 saturated heterocycles. The molecular weight excluding hydrogens is 182 g/mol. The van der Waals surface area contributed by atoms with E-state index in [-0.39, 0.29) is 11.0 Å². The van der Waals surface area contributed by atoms with Crippen molar-refractivity contribution in [2.45, 2.75) is 19.1 Å². The monoisotopic (exact) mass is 193 g/mol. The minimum Gasteiger partial charge on any atom is -0.364 e. The van der Waals surface area contributed by atoms with Crippen molar-refractivity contribution in [3.05, 3.63) is 32.6 Å². The van der Waals surface area contributed by atoms with Gasteiger partial charge in [-0.1, -0.05) is 12.2 Å². The lowest BCUT2D eigenvalue weighted by molar-refractivity contribution is -0.0435. The van der Waals surface area contributed by atoms with Crippen molar-refractivity contribution in [3.63, 3.8) is 0 Å². The van der Waals surface area contributed by atoms with Crippen LogP contribution in [0.3, 0.4) is 0 Å². The molecule has 4 nitrogen and oxygen atoms in total. The number of hydrogen-bond donors (Lipinski definition) is 3. The predicted octanol–water partition coefficient (Wildman–Crippen LogP) is -1.29. The third-order valence-electron chi connectivity index (χ3n) is 2.32. The molecule has 0 spiro atoms. The molecule has 0 saturated carbocycles. The van der Waals surface area contributed by atoms with Crippen LogP contribution in [-0.4, -0.2) is 15.2 Å². The Labute approximate surface area is 79.8 Å². The van der Waals surface area contributed by atoms with Crippen LogP contribution in [0.15, 0.2) is 11.0 Å². The van der Waals surface area contributed by atoms with E-state index in [0.717, 1.165) is 18.2 Å². The second-order valence-electron chi connectivity index (χ2n) is 3.26. The summed E-state index contributed by atoms with van der Waals surface area (Å²) in [5.41, 5.74) is -0.306. The van der Waals surface area contributed by atoms with Gasteiger partial charge in [0.2, 0.25) is 0 Å². The lowest BCUT2D eigenvalue weighted by atomic mass is 10.1. The molecule has 1 aromatic heterocycles. The molecular formula is C10H11NO3. The highest BCUT2D eigenvalue weighted by molar-refractivity contribution is 5.36. The average Bonchev–Trinajstić information content (AvgIpc) is 2.18. The number of nitrogens with one attached hydrogen (secondary N) is 1. The molecule has 3 N–H and O–H groups in total. The molecule has 0 unspecified atom stereocenters.